The lowest BCUT2D eigenvalue weighted by atomic mass is 10.2. The van der Waals surface area contributed by atoms with Crippen LogP contribution in [0.3, 0.4) is 0 Å². The quantitative estimate of drug-likeness (QED) is 0.840. The molecule has 0 amide bonds. The summed E-state index contributed by atoms with van der Waals surface area (Å²) in [6.45, 7) is 4.84. The van der Waals surface area contributed by atoms with Crippen molar-refractivity contribution in [3.8, 4) is 0 Å². The van der Waals surface area contributed by atoms with Crippen LogP contribution in [0, 0.1) is 0 Å². The van der Waals surface area contributed by atoms with E-state index in [2.05, 4.69) is 11.8 Å². The number of benzene rings is 1. The Kier molecular flexibility index (Phi) is 4.13. The SMILES string of the molecule is CCN(CC1CCCO1)c1ccc(Cl)cc1N. The summed E-state index contributed by atoms with van der Waals surface area (Å²) in [5.41, 5.74) is 7.79. The summed E-state index contributed by atoms with van der Waals surface area (Å²) >= 11 is 5.91. The molecule has 4 heteroatoms. The number of likely N-dealkylation sites (N-methyl/N-ethyl adjacent to an activating group) is 1. The van der Waals surface area contributed by atoms with Gasteiger partial charge in [0.25, 0.3) is 0 Å². The first-order valence-corrected chi connectivity index (χ1v) is 6.50. The Morgan fingerprint density at radius 3 is 2.94 bits per heavy atom. The molecule has 3 nitrogen and oxygen atoms in total. The number of nitrogens with zero attached hydrogens (tertiary/aromatic N) is 1. The minimum Gasteiger partial charge on any atom is -0.397 e. The predicted molar refractivity (Wildman–Crippen MR) is 72.7 cm³/mol. The van der Waals surface area contributed by atoms with Crippen LogP contribution in [-0.2, 0) is 4.74 Å². The highest BCUT2D eigenvalue weighted by Crippen LogP contribution is 2.27. The van der Waals surface area contributed by atoms with Crippen molar-refractivity contribution >= 4 is 23.0 Å². The molecule has 1 saturated heterocycles. The van der Waals surface area contributed by atoms with Crippen LogP contribution in [0.15, 0.2) is 18.2 Å². The van der Waals surface area contributed by atoms with Gasteiger partial charge in [-0.3, -0.25) is 0 Å². The van der Waals surface area contributed by atoms with Crippen LogP contribution in [0.25, 0.3) is 0 Å². The van der Waals surface area contributed by atoms with Crippen molar-refractivity contribution in [1.82, 2.24) is 0 Å². The maximum atomic E-state index is 6.01. The molecule has 2 rings (SSSR count). The Labute approximate surface area is 107 Å². The molecule has 1 aromatic rings. The number of hydrogen-bond donors (Lipinski definition) is 1. The van der Waals surface area contributed by atoms with Gasteiger partial charge in [-0.25, -0.2) is 0 Å². The molecule has 1 aromatic carbocycles. The van der Waals surface area contributed by atoms with E-state index >= 15 is 0 Å². The van der Waals surface area contributed by atoms with Gasteiger partial charge in [-0.2, -0.15) is 0 Å². The third-order valence-corrected chi connectivity index (χ3v) is 3.40. The summed E-state index contributed by atoms with van der Waals surface area (Å²) in [6, 6.07) is 5.66. The molecule has 1 aliphatic heterocycles. The lowest BCUT2D eigenvalue weighted by Crippen LogP contribution is -2.32. The van der Waals surface area contributed by atoms with E-state index in [1.54, 1.807) is 6.07 Å². The van der Waals surface area contributed by atoms with Crippen LogP contribution < -0.4 is 10.6 Å². The van der Waals surface area contributed by atoms with Crippen LogP contribution in [0.5, 0.6) is 0 Å². The van der Waals surface area contributed by atoms with Crippen molar-refractivity contribution in [1.29, 1.82) is 0 Å². The first kappa shape index (κ1) is 12.5. The molecule has 1 atom stereocenters. The van der Waals surface area contributed by atoms with Gasteiger partial charge in [0.05, 0.1) is 17.5 Å². The standard InChI is InChI=1S/C13H19ClN2O/c1-2-16(9-11-4-3-7-17-11)13-6-5-10(14)8-12(13)15/h5-6,8,11H,2-4,7,9,15H2,1H3. The number of rotatable bonds is 4. The molecule has 1 unspecified atom stereocenters. The molecule has 17 heavy (non-hydrogen) atoms. The molecule has 2 N–H and O–H groups in total. The second-order valence-corrected chi connectivity index (χ2v) is 4.81. The van der Waals surface area contributed by atoms with E-state index in [1.807, 2.05) is 12.1 Å². The molecule has 0 aromatic heterocycles. The van der Waals surface area contributed by atoms with Gasteiger partial charge in [-0.1, -0.05) is 11.6 Å². The fraction of sp³-hybridized carbons (Fsp3) is 0.538. The van der Waals surface area contributed by atoms with Gasteiger partial charge in [-0.15, -0.1) is 0 Å². The minimum atomic E-state index is 0.338. The highest BCUT2D eigenvalue weighted by Gasteiger charge is 2.19. The third kappa shape index (κ3) is 3.05. The Morgan fingerprint density at radius 1 is 1.53 bits per heavy atom. The van der Waals surface area contributed by atoms with Gasteiger partial charge >= 0.3 is 0 Å². The topological polar surface area (TPSA) is 38.5 Å². The molecule has 94 valence electrons. The zero-order valence-electron chi connectivity index (χ0n) is 10.2. The molecule has 1 aliphatic rings. The summed E-state index contributed by atoms with van der Waals surface area (Å²) in [5, 5.41) is 0.680. The van der Waals surface area contributed by atoms with Crippen molar-refractivity contribution in [2.45, 2.75) is 25.9 Å². The second-order valence-electron chi connectivity index (χ2n) is 4.38. The van der Waals surface area contributed by atoms with Crippen LogP contribution in [0.2, 0.25) is 5.02 Å². The van der Waals surface area contributed by atoms with Gasteiger partial charge in [0.2, 0.25) is 0 Å². The molecule has 1 heterocycles. The third-order valence-electron chi connectivity index (χ3n) is 3.16. The number of nitrogens with two attached hydrogens (primary N) is 1. The summed E-state index contributed by atoms with van der Waals surface area (Å²) in [5.74, 6) is 0. The van der Waals surface area contributed by atoms with Crippen molar-refractivity contribution in [2.24, 2.45) is 0 Å². The number of ether oxygens (including phenoxy) is 1. The molecule has 0 aliphatic carbocycles. The van der Waals surface area contributed by atoms with E-state index in [0.29, 0.717) is 11.1 Å². The Bertz CT molecular complexity index is 378. The largest absolute Gasteiger partial charge is 0.397 e. The molecule has 0 radical (unpaired) electrons. The normalized spacial score (nSPS) is 19.5. The zero-order valence-corrected chi connectivity index (χ0v) is 10.9. The summed E-state index contributed by atoms with van der Waals surface area (Å²) in [7, 11) is 0. The highest BCUT2D eigenvalue weighted by atomic mass is 35.5. The minimum absolute atomic E-state index is 0.338. The molecular formula is C13H19ClN2O. The first-order chi connectivity index (χ1) is 8.20. The van der Waals surface area contributed by atoms with Crippen molar-refractivity contribution in [3.05, 3.63) is 23.2 Å². The van der Waals surface area contributed by atoms with Gasteiger partial charge in [0.1, 0.15) is 0 Å². The molecule has 0 saturated carbocycles. The maximum Gasteiger partial charge on any atom is 0.0750 e. The molecule has 1 fully saturated rings. The summed E-state index contributed by atoms with van der Waals surface area (Å²) in [4.78, 5) is 2.25. The Balaban J connectivity index is 2.10. The summed E-state index contributed by atoms with van der Waals surface area (Å²) < 4.78 is 5.66. The van der Waals surface area contributed by atoms with E-state index in [4.69, 9.17) is 22.1 Å². The van der Waals surface area contributed by atoms with E-state index in [-0.39, 0.29) is 0 Å². The van der Waals surface area contributed by atoms with Crippen LogP contribution in [-0.4, -0.2) is 25.8 Å². The lowest BCUT2D eigenvalue weighted by molar-refractivity contribution is 0.116. The van der Waals surface area contributed by atoms with E-state index in [9.17, 15) is 0 Å². The average Bonchev–Trinajstić information content (AvgIpc) is 2.79. The average molecular weight is 255 g/mol. The van der Waals surface area contributed by atoms with E-state index < -0.39 is 0 Å². The van der Waals surface area contributed by atoms with Crippen molar-refractivity contribution in [2.75, 3.05) is 30.3 Å². The maximum absolute atomic E-state index is 6.01. The Morgan fingerprint density at radius 2 is 2.35 bits per heavy atom. The predicted octanol–water partition coefficient (Wildman–Crippen LogP) is 2.93. The van der Waals surface area contributed by atoms with E-state index in [1.165, 1.54) is 6.42 Å². The highest BCUT2D eigenvalue weighted by molar-refractivity contribution is 6.31. The van der Waals surface area contributed by atoms with E-state index in [0.717, 1.165) is 37.5 Å². The number of nitrogen functional groups attached to an aromatic ring is 1. The van der Waals surface area contributed by atoms with Crippen molar-refractivity contribution in [3.63, 3.8) is 0 Å². The molecule has 0 bridgehead atoms. The molecular weight excluding hydrogens is 236 g/mol. The fourth-order valence-corrected chi connectivity index (χ4v) is 2.43. The number of halogens is 1. The summed E-state index contributed by atoms with van der Waals surface area (Å²) in [6.07, 6.45) is 2.65. The second kappa shape index (κ2) is 5.61. The molecule has 0 spiro atoms. The van der Waals surface area contributed by atoms with Gasteiger partial charge in [0, 0.05) is 24.7 Å². The van der Waals surface area contributed by atoms with Crippen LogP contribution >= 0.6 is 11.6 Å². The smallest absolute Gasteiger partial charge is 0.0750 e. The first-order valence-electron chi connectivity index (χ1n) is 6.12. The van der Waals surface area contributed by atoms with Crippen molar-refractivity contribution < 1.29 is 4.74 Å². The number of anilines is 2. The fourth-order valence-electron chi connectivity index (χ4n) is 2.25. The Hall–Kier alpha value is -0.930. The van der Waals surface area contributed by atoms with Crippen LogP contribution in [0.1, 0.15) is 19.8 Å². The van der Waals surface area contributed by atoms with Gasteiger partial charge in [-0.05, 0) is 38.0 Å². The van der Waals surface area contributed by atoms with Gasteiger partial charge in [0.15, 0.2) is 0 Å². The van der Waals surface area contributed by atoms with Gasteiger partial charge < -0.3 is 15.4 Å². The number of hydrogen-bond acceptors (Lipinski definition) is 3. The van der Waals surface area contributed by atoms with Crippen LogP contribution in [0.4, 0.5) is 11.4 Å². The lowest BCUT2D eigenvalue weighted by Gasteiger charge is -2.27. The zero-order chi connectivity index (χ0) is 12.3. The monoisotopic (exact) mass is 254 g/mol.